The number of carbonyl (C=O) groups excluding carboxylic acids is 1. The minimum absolute atomic E-state index is 0.0301. The van der Waals surface area contributed by atoms with Crippen LogP contribution >= 0.6 is 0 Å². The number of methoxy groups -OCH3 is 2. The number of ether oxygens (including phenoxy) is 3. The molecule has 20 heavy (non-hydrogen) atoms. The number of esters is 1. The van der Waals surface area contributed by atoms with Gasteiger partial charge in [0.2, 0.25) is 0 Å². The second-order valence-electron chi connectivity index (χ2n) is 4.53. The van der Waals surface area contributed by atoms with Crippen molar-refractivity contribution in [3.63, 3.8) is 0 Å². The smallest absolute Gasteiger partial charge is 0.303 e. The fraction of sp³-hybridized carbons (Fsp3) is 0.857. The van der Waals surface area contributed by atoms with Crippen molar-refractivity contribution in [3.8, 4) is 0 Å². The number of hydrogen-bond donors (Lipinski definition) is 1. The van der Waals surface area contributed by atoms with Gasteiger partial charge in [0.1, 0.15) is 6.10 Å². The third-order valence-electron chi connectivity index (χ3n) is 2.50. The Morgan fingerprint density at radius 1 is 1.10 bits per heavy atom. The zero-order valence-corrected chi connectivity index (χ0v) is 13.2. The summed E-state index contributed by atoms with van der Waals surface area (Å²) < 4.78 is 14.6. The molecule has 120 valence electrons. The molecule has 0 aliphatic rings. The molecular weight excluding hydrogens is 264 g/mol. The van der Waals surface area contributed by atoms with E-state index in [1.54, 1.807) is 14.2 Å². The zero-order valence-electron chi connectivity index (χ0n) is 13.2. The first kappa shape index (κ1) is 21.2. The van der Waals surface area contributed by atoms with Gasteiger partial charge in [-0.2, -0.15) is 0 Å². The van der Waals surface area contributed by atoms with Crippen molar-refractivity contribution in [1.82, 2.24) is 0 Å². The van der Waals surface area contributed by atoms with Crippen LogP contribution in [0.3, 0.4) is 0 Å². The summed E-state index contributed by atoms with van der Waals surface area (Å²) in [6, 6.07) is 0. The molecule has 6 nitrogen and oxygen atoms in total. The summed E-state index contributed by atoms with van der Waals surface area (Å²) in [5, 5.41) is 8.26. The topological polar surface area (TPSA) is 82.1 Å². The second-order valence-corrected chi connectivity index (χ2v) is 4.53. The van der Waals surface area contributed by atoms with E-state index < -0.39 is 5.97 Å². The molecule has 0 bridgehead atoms. The van der Waals surface area contributed by atoms with Crippen LogP contribution in [0.1, 0.15) is 46.5 Å². The highest BCUT2D eigenvalue weighted by Gasteiger charge is 2.03. The van der Waals surface area contributed by atoms with Gasteiger partial charge in [-0.1, -0.05) is 0 Å². The number of rotatable bonds is 9. The Labute approximate surface area is 121 Å². The molecule has 0 aromatic heterocycles. The molecule has 0 rings (SSSR count). The summed E-state index contributed by atoms with van der Waals surface area (Å²) in [6.45, 7) is 5.82. The molecule has 2 atom stereocenters. The van der Waals surface area contributed by atoms with Crippen LogP contribution in [-0.4, -0.2) is 50.1 Å². The molecule has 0 saturated carbocycles. The van der Waals surface area contributed by atoms with E-state index in [2.05, 4.69) is 0 Å². The SMILES string of the molecule is COC(C)CCCC(=O)O.COCCC(C)OC(C)=O. The Hall–Kier alpha value is -1.14. The molecule has 6 heteroatoms. The van der Waals surface area contributed by atoms with Crippen LogP contribution in [0.4, 0.5) is 0 Å². The molecule has 0 heterocycles. The average Bonchev–Trinajstić information content (AvgIpc) is 2.35. The Kier molecular flexibility index (Phi) is 15.1. The van der Waals surface area contributed by atoms with Gasteiger partial charge in [0.05, 0.1) is 6.10 Å². The molecule has 0 fully saturated rings. The predicted molar refractivity (Wildman–Crippen MR) is 75.7 cm³/mol. The Bertz CT molecular complexity index is 254. The summed E-state index contributed by atoms with van der Waals surface area (Å²) >= 11 is 0. The van der Waals surface area contributed by atoms with Gasteiger partial charge in [0.15, 0.2) is 0 Å². The van der Waals surface area contributed by atoms with Gasteiger partial charge in [0.25, 0.3) is 0 Å². The zero-order chi connectivity index (χ0) is 16.0. The van der Waals surface area contributed by atoms with Crippen molar-refractivity contribution in [2.45, 2.75) is 58.7 Å². The predicted octanol–water partition coefficient (Wildman–Crippen LogP) is 2.25. The maximum atomic E-state index is 10.4. The fourth-order valence-corrected chi connectivity index (χ4v) is 1.28. The Morgan fingerprint density at radius 2 is 1.70 bits per heavy atom. The van der Waals surface area contributed by atoms with Gasteiger partial charge in [-0.3, -0.25) is 9.59 Å². The quantitative estimate of drug-likeness (QED) is 0.656. The highest BCUT2D eigenvalue weighted by atomic mass is 16.5. The largest absolute Gasteiger partial charge is 0.481 e. The molecule has 0 aliphatic carbocycles. The van der Waals surface area contributed by atoms with Crippen molar-refractivity contribution in [2.24, 2.45) is 0 Å². The molecule has 1 N–H and O–H groups in total. The van der Waals surface area contributed by atoms with Gasteiger partial charge in [0, 0.05) is 40.6 Å². The monoisotopic (exact) mass is 292 g/mol. The lowest BCUT2D eigenvalue weighted by Crippen LogP contribution is -2.13. The van der Waals surface area contributed by atoms with E-state index >= 15 is 0 Å². The number of aliphatic carboxylic acids is 1. The van der Waals surface area contributed by atoms with Crippen molar-refractivity contribution >= 4 is 11.9 Å². The molecular formula is C14H28O6. The maximum Gasteiger partial charge on any atom is 0.303 e. The van der Waals surface area contributed by atoms with E-state index in [4.69, 9.17) is 19.3 Å². The number of carbonyl (C=O) groups is 2. The molecule has 0 aliphatic heterocycles. The fourth-order valence-electron chi connectivity index (χ4n) is 1.28. The summed E-state index contributed by atoms with van der Waals surface area (Å²) in [7, 11) is 3.26. The summed E-state index contributed by atoms with van der Waals surface area (Å²) in [4.78, 5) is 20.4. The summed E-state index contributed by atoms with van der Waals surface area (Å²) in [5.41, 5.74) is 0. The molecule has 0 aromatic rings. The van der Waals surface area contributed by atoms with Crippen LogP contribution in [0.15, 0.2) is 0 Å². The third kappa shape index (κ3) is 19.2. The van der Waals surface area contributed by atoms with Crippen LogP contribution in [-0.2, 0) is 23.8 Å². The molecule has 0 amide bonds. The molecule has 0 spiro atoms. The Balaban J connectivity index is 0. The van der Waals surface area contributed by atoms with Crippen LogP contribution in [0.2, 0.25) is 0 Å². The van der Waals surface area contributed by atoms with Gasteiger partial charge >= 0.3 is 11.9 Å². The molecule has 2 unspecified atom stereocenters. The molecule has 0 saturated heterocycles. The van der Waals surface area contributed by atoms with Crippen molar-refractivity contribution in [2.75, 3.05) is 20.8 Å². The second kappa shape index (κ2) is 14.3. The van der Waals surface area contributed by atoms with E-state index in [0.29, 0.717) is 13.0 Å². The number of carboxylic acids is 1. The lowest BCUT2D eigenvalue weighted by atomic mass is 10.2. The minimum atomic E-state index is -0.733. The maximum absolute atomic E-state index is 10.4. The Morgan fingerprint density at radius 3 is 2.10 bits per heavy atom. The minimum Gasteiger partial charge on any atom is -0.481 e. The van der Waals surface area contributed by atoms with E-state index in [-0.39, 0.29) is 24.6 Å². The van der Waals surface area contributed by atoms with Crippen molar-refractivity contribution < 1.29 is 28.9 Å². The first-order chi connectivity index (χ1) is 9.33. The van der Waals surface area contributed by atoms with Crippen molar-refractivity contribution in [1.29, 1.82) is 0 Å². The lowest BCUT2D eigenvalue weighted by molar-refractivity contribution is -0.146. The van der Waals surface area contributed by atoms with E-state index in [1.165, 1.54) is 6.92 Å². The normalized spacial score (nSPS) is 12.8. The summed E-state index contributed by atoms with van der Waals surface area (Å²) in [5.74, 6) is -0.966. The van der Waals surface area contributed by atoms with Gasteiger partial charge < -0.3 is 19.3 Å². The van der Waals surface area contributed by atoms with E-state index in [0.717, 1.165) is 12.8 Å². The molecule has 0 radical (unpaired) electrons. The third-order valence-corrected chi connectivity index (χ3v) is 2.50. The van der Waals surface area contributed by atoms with Crippen LogP contribution < -0.4 is 0 Å². The first-order valence-corrected chi connectivity index (χ1v) is 6.74. The first-order valence-electron chi connectivity index (χ1n) is 6.74. The van der Waals surface area contributed by atoms with Gasteiger partial charge in [-0.05, 0) is 26.7 Å². The van der Waals surface area contributed by atoms with Crippen LogP contribution in [0, 0.1) is 0 Å². The summed E-state index contributed by atoms with van der Waals surface area (Å²) in [6.07, 6.45) is 2.67. The number of carboxylic acid groups (broad SMARTS) is 1. The lowest BCUT2D eigenvalue weighted by Gasteiger charge is -2.09. The highest BCUT2D eigenvalue weighted by Crippen LogP contribution is 2.02. The van der Waals surface area contributed by atoms with Crippen molar-refractivity contribution in [3.05, 3.63) is 0 Å². The standard InChI is InChI=1S/2C7H14O3/c1-6(4-5-9-3)10-7(2)8;1-6(10-2)4-3-5-7(8)9/h6H,4-5H2,1-3H3;6H,3-5H2,1-2H3,(H,8,9). The van der Waals surface area contributed by atoms with Gasteiger partial charge in [-0.25, -0.2) is 0 Å². The van der Waals surface area contributed by atoms with E-state index in [9.17, 15) is 9.59 Å². The number of hydrogen-bond acceptors (Lipinski definition) is 5. The molecule has 0 aromatic carbocycles. The van der Waals surface area contributed by atoms with Crippen LogP contribution in [0.5, 0.6) is 0 Å². The van der Waals surface area contributed by atoms with Gasteiger partial charge in [-0.15, -0.1) is 0 Å². The van der Waals surface area contributed by atoms with E-state index in [1.807, 2.05) is 13.8 Å². The van der Waals surface area contributed by atoms with Crippen LogP contribution in [0.25, 0.3) is 0 Å². The average molecular weight is 292 g/mol. The highest BCUT2D eigenvalue weighted by molar-refractivity contribution is 5.66.